The number of rotatable bonds is 5. The largest absolute Gasteiger partial charge is 0.345 e. The molecule has 0 radical (unpaired) electrons. The van der Waals surface area contributed by atoms with Gasteiger partial charge in [0.1, 0.15) is 5.82 Å². The Bertz CT molecular complexity index is 832. The minimum absolute atomic E-state index is 0.186. The molecular weight excluding hydrogens is 325 g/mol. The second kappa shape index (κ2) is 8.23. The molecule has 0 unspecified atom stereocenters. The Labute approximate surface area is 144 Å². The second-order valence-electron chi connectivity index (χ2n) is 5.70. The van der Waals surface area contributed by atoms with E-state index in [0.29, 0.717) is 18.7 Å². The van der Waals surface area contributed by atoms with Gasteiger partial charge in [0.05, 0.1) is 5.69 Å². The smallest absolute Gasteiger partial charge is 0.313 e. The van der Waals surface area contributed by atoms with Gasteiger partial charge in [0.15, 0.2) is 0 Å². The Hall–Kier alpha value is -2.96. The van der Waals surface area contributed by atoms with Crippen molar-refractivity contribution in [3.8, 4) is 0 Å². The molecule has 0 spiro atoms. The molecule has 1 atom stereocenters. The van der Waals surface area contributed by atoms with Gasteiger partial charge < -0.3 is 15.2 Å². The van der Waals surface area contributed by atoms with Gasteiger partial charge in [-0.3, -0.25) is 14.4 Å². The van der Waals surface area contributed by atoms with Crippen LogP contribution in [0.3, 0.4) is 0 Å². The van der Waals surface area contributed by atoms with E-state index in [-0.39, 0.29) is 17.4 Å². The number of benzene rings is 1. The molecular formula is C18H20FN3O3. The van der Waals surface area contributed by atoms with Gasteiger partial charge in [-0.15, -0.1) is 0 Å². The highest BCUT2D eigenvalue weighted by atomic mass is 19.1. The number of pyridine rings is 1. The van der Waals surface area contributed by atoms with Crippen LogP contribution in [0.1, 0.15) is 19.4 Å². The van der Waals surface area contributed by atoms with Crippen LogP contribution in [0, 0.1) is 5.82 Å². The van der Waals surface area contributed by atoms with Gasteiger partial charge in [-0.25, -0.2) is 4.39 Å². The first-order valence-electron chi connectivity index (χ1n) is 7.96. The number of anilines is 1. The Morgan fingerprint density at radius 1 is 1.20 bits per heavy atom. The third kappa shape index (κ3) is 5.27. The summed E-state index contributed by atoms with van der Waals surface area (Å²) in [6, 6.07) is 8.49. The third-order valence-corrected chi connectivity index (χ3v) is 3.60. The van der Waals surface area contributed by atoms with Gasteiger partial charge in [0.2, 0.25) is 0 Å². The predicted octanol–water partition coefficient (Wildman–Crippen LogP) is 1.69. The van der Waals surface area contributed by atoms with Crippen molar-refractivity contribution in [1.82, 2.24) is 9.88 Å². The molecule has 1 aromatic carbocycles. The summed E-state index contributed by atoms with van der Waals surface area (Å²) in [5, 5.41) is 5.02. The quantitative estimate of drug-likeness (QED) is 0.810. The molecule has 0 aliphatic carbocycles. The second-order valence-corrected chi connectivity index (χ2v) is 5.70. The van der Waals surface area contributed by atoms with Crippen LogP contribution in [0.15, 0.2) is 47.4 Å². The summed E-state index contributed by atoms with van der Waals surface area (Å²) in [6.07, 6.45) is 1.88. The fourth-order valence-electron chi connectivity index (χ4n) is 2.40. The summed E-state index contributed by atoms with van der Waals surface area (Å²) in [6.45, 7) is 3.99. The van der Waals surface area contributed by atoms with Crippen LogP contribution < -0.4 is 16.2 Å². The molecule has 0 fully saturated rings. The van der Waals surface area contributed by atoms with E-state index in [2.05, 4.69) is 10.6 Å². The average molecular weight is 345 g/mol. The molecule has 0 saturated carbocycles. The van der Waals surface area contributed by atoms with Crippen molar-refractivity contribution in [3.05, 3.63) is 64.3 Å². The number of hydrogen-bond donors (Lipinski definition) is 2. The lowest BCUT2D eigenvalue weighted by Crippen LogP contribution is -2.41. The maximum Gasteiger partial charge on any atom is 0.313 e. The maximum atomic E-state index is 13.2. The van der Waals surface area contributed by atoms with Crippen LogP contribution in [-0.2, 0) is 22.6 Å². The van der Waals surface area contributed by atoms with Crippen molar-refractivity contribution in [3.63, 3.8) is 0 Å². The highest BCUT2D eigenvalue weighted by molar-refractivity contribution is 6.39. The van der Waals surface area contributed by atoms with Crippen LogP contribution in [-0.4, -0.2) is 22.4 Å². The molecule has 7 heteroatoms. The van der Waals surface area contributed by atoms with E-state index in [9.17, 15) is 18.8 Å². The van der Waals surface area contributed by atoms with E-state index in [1.54, 1.807) is 26.0 Å². The van der Waals surface area contributed by atoms with Gasteiger partial charge >= 0.3 is 11.8 Å². The van der Waals surface area contributed by atoms with Crippen molar-refractivity contribution < 1.29 is 14.0 Å². The zero-order chi connectivity index (χ0) is 18.4. The van der Waals surface area contributed by atoms with Crippen molar-refractivity contribution in [2.24, 2.45) is 0 Å². The van der Waals surface area contributed by atoms with Crippen molar-refractivity contribution >= 4 is 17.5 Å². The molecule has 0 bridgehead atoms. The number of nitrogens with zero attached hydrogens (tertiary/aromatic N) is 1. The molecule has 2 rings (SSSR count). The van der Waals surface area contributed by atoms with Crippen LogP contribution in [0.5, 0.6) is 0 Å². The first kappa shape index (κ1) is 18.4. The van der Waals surface area contributed by atoms with Gasteiger partial charge in [-0.1, -0.05) is 12.1 Å². The summed E-state index contributed by atoms with van der Waals surface area (Å²) < 4.78 is 14.6. The first-order chi connectivity index (χ1) is 11.9. The van der Waals surface area contributed by atoms with Crippen LogP contribution in [0.25, 0.3) is 0 Å². The lowest BCUT2D eigenvalue weighted by Gasteiger charge is -2.14. The fraction of sp³-hybridized carbons (Fsp3) is 0.278. The minimum atomic E-state index is -0.826. The monoisotopic (exact) mass is 345 g/mol. The summed E-state index contributed by atoms with van der Waals surface area (Å²) in [5.41, 5.74) is 0.899. The molecule has 2 amide bonds. The van der Waals surface area contributed by atoms with Crippen LogP contribution >= 0.6 is 0 Å². The molecule has 0 aliphatic heterocycles. The van der Waals surface area contributed by atoms with Gasteiger partial charge in [-0.05, 0) is 44.0 Å². The Kier molecular flexibility index (Phi) is 6.05. The Balaban J connectivity index is 1.93. The fourth-order valence-corrected chi connectivity index (χ4v) is 2.40. The zero-order valence-electron chi connectivity index (χ0n) is 14.1. The molecule has 1 heterocycles. The number of amides is 2. The molecule has 6 nitrogen and oxygen atoms in total. The molecule has 1 aromatic heterocycles. The van der Waals surface area contributed by atoms with E-state index in [4.69, 9.17) is 0 Å². The standard InChI is InChI=1S/C18H20FN3O3/c1-3-22-11-15(7-8-16(22)23)21-18(25)17(24)20-12(2)9-13-5-4-6-14(19)10-13/h4-8,10-12H,3,9H2,1-2H3,(H,20,24)(H,21,25)/t12-/m0/s1. The highest BCUT2D eigenvalue weighted by Gasteiger charge is 2.17. The van der Waals surface area contributed by atoms with Crippen molar-refractivity contribution in [1.29, 1.82) is 0 Å². The van der Waals surface area contributed by atoms with E-state index in [0.717, 1.165) is 5.56 Å². The Morgan fingerprint density at radius 2 is 1.96 bits per heavy atom. The summed E-state index contributed by atoms with van der Waals surface area (Å²) >= 11 is 0. The number of carbonyl (C=O) groups is 2. The van der Waals surface area contributed by atoms with Gasteiger partial charge in [0.25, 0.3) is 5.56 Å². The highest BCUT2D eigenvalue weighted by Crippen LogP contribution is 2.07. The molecule has 0 saturated heterocycles. The lowest BCUT2D eigenvalue weighted by atomic mass is 10.1. The van der Waals surface area contributed by atoms with Crippen LogP contribution in [0.2, 0.25) is 0 Å². The number of aromatic nitrogens is 1. The summed E-state index contributed by atoms with van der Waals surface area (Å²) in [5.74, 6) is -1.97. The first-order valence-corrected chi connectivity index (χ1v) is 7.96. The summed E-state index contributed by atoms with van der Waals surface area (Å²) in [4.78, 5) is 35.4. The SMILES string of the molecule is CCn1cc(NC(=O)C(=O)N[C@@H](C)Cc2cccc(F)c2)ccc1=O. The molecule has 25 heavy (non-hydrogen) atoms. The van der Waals surface area contributed by atoms with E-state index in [1.165, 1.54) is 35.0 Å². The number of carbonyl (C=O) groups excluding carboxylic acids is 2. The minimum Gasteiger partial charge on any atom is -0.345 e. The molecule has 0 aliphatic rings. The van der Waals surface area contributed by atoms with Crippen molar-refractivity contribution in [2.75, 3.05) is 5.32 Å². The number of hydrogen-bond acceptors (Lipinski definition) is 3. The van der Waals surface area contributed by atoms with Gasteiger partial charge in [-0.2, -0.15) is 0 Å². The van der Waals surface area contributed by atoms with E-state index >= 15 is 0 Å². The third-order valence-electron chi connectivity index (χ3n) is 3.60. The normalized spacial score (nSPS) is 11.6. The zero-order valence-corrected chi connectivity index (χ0v) is 14.1. The molecule has 132 valence electrons. The summed E-state index contributed by atoms with van der Waals surface area (Å²) in [7, 11) is 0. The predicted molar refractivity (Wildman–Crippen MR) is 92.7 cm³/mol. The lowest BCUT2D eigenvalue weighted by molar-refractivity contribution is -0.136. The van der Waals surface area contributed by atoms with E-state index < -0.39 is 11.8 Å². The van der Waals surface area contributed by atoms with Crippen molar-refractivity contribution in [2.45, 2.75) is 32.9 Å². The Morgan fingerprint density at radius 3 is 2.64 bits per heavy atom. The molecule has 2 N–H and O–H groups in total. The average Bonchev–Trinajstić information content (AvgIpc) is 2.56. The van der Waals surface area contributed by atoms with E-state index in [1.807, 2.05) is 0 Å². The number of nitrogens with one attached hydrogen (secondary N) is 2. The van der Waals surface area contributed by atoms with Crippen LogP contribution in [0.4, 0.5) is 10.1 Å². The van der Waals surface area contributed by atoms with Gasteiger partial charge in [0, 0.05) is 24.8 Å². The number of halogens is 1. The molecule has 2 aromatic rings. The maximum absolute atomic E-state index is 13.2. The topological polar surface area (TPSA) is 80.2 Å². The number of aryl methyl sites for hydroxylation is 1.